The molecule has 0 heterocycles. The van der Waals surface area contributed by atoms with Crippen molar-refractivity contribution >= 4 is 11.9 Å². The van der Waals surface area contributed by atoms with Gasteiger partial charge in [-0.25, -0.2) is 4.79 Å². The predicted molar refractivity (Wildman–Crippen MR) is 69.5 cm³/mol. The Morgan fingerprint density at radius 2 is 2.22 bits per heavy atom. The zero-order valence-electron chi connectivity index (χ0n) is 10.3. The minimum atomic E-state index is -1.03. The van der Waals surface area contributed by atoms with Crippen LogP contribution in [0.1, 0.15) is 28.8 Å². The number of hydrogen-bond acceptors (Lipinski definition) is 2. The lowest BCUT2D eigenvalue weighted by Gasteiger charge is -2.13. The van der Waals surface area contributed by atoms with Crippen molar-refractivity contribution in [2.75, 3.05) is 0 Å². The van der Waals surface area contributed by atoms with E-state index in [2.05, 4.69) is 11.9 Å². The first-order chi connectivity index (χ1) is 8.54. The minimum Gasteiger partial charge on any atom is -0.480 e. The maximum atomic E-state index is 11.9. The second-order valence-electron chi connectivity index (χ2n) is 4.10. The van der Waals surface area contributed by atoms with Gasteiger partial charge in [0.2, 0.25) is 0 Å². The monoisotopic (exact) mass is 247 g/mol. The molecule has 4 heteroatoms. The fourth-order valence-corrected chi connectivity index (χ4v) is 1.57. The normalized spacial score (nSPS) is 11.6. The zero-order chi connectivity index (χ0) is 13.5. The quantitative estimate of drug-likeness (QED) is 0.757. The van der Waals surface area contributed by atoms with E-state index >= 15 is 0 Å². The maximum Gasteiger partial charge on any atom is 0.326 e. The van der Waals surface area contributed by atoms with Crippen LogP contribution in [0, 0.1) is 6.92 Å². The molecule has 0 fully saturated rings. The van der Waals surface area contributed by atoms with E-state index in [1.807, 2.05) is 13.0 Å². The van der Waals surface area contributed by atoms with E-state index in [0.29, 0.717) is 18.4 Å². The molecule has 0 radical (unpaired) electrons. The average Bonchev–Trinajstić information content (AvgIpc) is 2.33. The molecule has 1 aromatic rings. The lowest BCUT2D eigenvalue weighted by atomic mass is 10.1. The fraction of sp³-hybridized carbons (Fsp3) is 0.286. The number of carbonyl (C=O) groups is 2. The molecule has 0 aliphatic rings. The Morgan fingerprint density at radius 3 is 2.78 bits per heavy atom. The van der Waals surface area contributed by atoms with Gasteiger partial charge < -0.3 is 10.4 Å². The van der Waals surface area contributed by atoms with Crippen molar-refractivity contribution in [1.29, 1.82) is 0 Å². The lowest BCUT2D eigenvalue weighted by molar-refractivity contribution is -0.139. The molecule has 1 aromatic carbocycles. The van der Waals surface area contributed by atoms with Crippen LogP contribution in [0.25, 0.3) is 0 Å². The van der Waals surface area contributed by atoms with Gasteiger partial charge in [-0.3, -0.25) is 4.79 Å². The third-order valence-electron chi connectivity index (χ3n) is 2.54. The van der Waals surface area contributed by atoms with Crippen LogP contribution in [-0.4, -0.2) is 23.0 Å². The summed E-state index contributed by atoms with van der Waals surface area (Å²) < 4.78 is 0. The molecule has 1 unspecified atom stereocenters. The summed E-state index contributed by atoms with van der Waals surface area (Å²) in [5.74, 6) is -1.40. The molecule has 0 spiro atoms. The van der Waals surface area contributed by atoms with E-state index in [1.54, 1.807) is 24.3 Å². The SMILES string of the molecule is C=CCCC(NC(=O)c1cccc(C)c1)C(=O)O. The number of carboxylic acid groups (broad SMARTS) is 1. The van der Waals surface area contributed by atoms with Crippen molar-refractivity contribution in [2.24, 2.45) is 0 Å². The maximum absolute atomic E-state index is 11.9. The zero-order valence-corrected chi connectivity index (χ0v) is 10.3. The molecule has 0 bridgehead atoms. The Labute approximate surface area is 106 Å². The number of nitrogens with one attached hydrogen (secondary N) is 1. The fourth-order valence-electron chi connectivity index (χ4n) is 1.57. The molecule has 18 heavy (non-hydrogen) atoms. The van der Waals surface area contributed by atoms with Gasteiger partial charge in [0.15, 0.2) is 0 Å². The van der Waals surface area contributed by atoms with Gasteiger partial charge in [-0.05, 0) is 31.9 Å². The number of allylic oxidation sites excluding steroid dienone is 1. The minimum absolute atomic E-state index is 0.344. The van der Waals surface area contributed by atoms with E-state index in [4.69, 9.17) is 5.11 Å². The van der Waals surface area contributed by atoms with Crippen LogP contribution in [0.5, 0.6) is 0 Å². The number of aliphatic carboxylic acids is 1. The Kier molecular flexibility index (Phi) is 5.11. The van der Waals surface area contributed by atoms with E-state index in [-0.39, 0.29) is 5.91 Å². The molecule has 1 amide bonds. The number of amides is 1. The van der Waals surface area contributed by atoms with Crippen LogP contribution in [0.2, 0.25) is 0 Å². The molecule has 1 rings (SSSR count). The first-order valence-electron chi connectivity index (χ1n) is 5.76. The molecular weight excluding hydrogens is 230 g/mol. The average molecular weight is 247 g/mol. The van der Waals surface area contributed by atoms with Crippen molar-refractivity contribution in [3.05, 3.63) is 48.0 Å². The third kappa shape index (κ3) is 4.05. The Morgan fingerprint density at radius 1 is 1.50 bits per heavy atom. The third-order valence-corrected chi connectivity index (χ3v) is 2.54. The van der Waals surface area contributed by atoms with Crippen LogP contribution in [0.15, 0.2) is 36.9 Å². The van der Waals surface area contributed by atoms with Crippen LogP contribution in [0.4, 0.5) is 0 Å². The number of carboxylic acids is 1. The summed E-state index contributed by atoms with van der Waals surface area (Å²) in [6.45, 7) is 5.41. The first kappa shape index (κ1) is 14.0. The van der Waals surface area contributed by atoms with Gasteiger partial charge in [0, 0.05) is 5.56 Å². The highest BCUT2D eigenvalue weighted by Crippen LogP contribution is 2.06. The number of rotatable bonds is 6. The van der Waals surface area contributed by atoms with E-state index < -0.39 is 12.0 Å². The number of carbonyl (C=O) groups excluding carboxylic acids is 1. The van der Waals surface area contributed by atoms with Gasteiger partial charge in [0.25, 0.3) is 5.91 Å². The number of aryl methyl sites for hydroxylation is 1. The van der Waals surface area contributed by atoms with Gasteiger partial charge in [0.1, 0.15) is 6.04 Å². The van der Waals surface area contributed by atoms with E-state index in [9.17, 15) is 9.59 Å². The Bertz CT molecular complexity index is 454. The van der Waals surface area contributed by atoms with Crippen molar-refractivity contribution in [3.63, 3.8) is 0 Å². The van der Waals surface area contributed by atoms with Crippen molar-refractivity contribution in [2.45, 2.75) is 25.8 Å². The summed E-state index contributed by atoms with van der Waals surface area (Å²) in [4.78, 5) is 22.9. The summed E-state index contributed by atoms with van der Waals surface area (Å²) >= 11 is 0. The highest BCUT2D eigenvalue weighted by Gasteiger charge is 2.19. The van der Waals surface area contributed by atoms with Gasteiger partial charge in [-0.15, -0.1) is 6.58 Å². The smallest absolute Gasteiger partial charge is 0.326 e. The van der Waals surface area contributed by atoms with Gasteiger partial charge in [-0.1, -0.05) is 23.8 Å². The highest BCUT2D eigenvalue weighted by atomic mass is 16.4. The van der Waals surface area contributed by atoms with Gasteiger partial charge in [0.05, 0.1) is 0 Å². The summed E-state index contributed by atoms with van der Waals surface area (Å²) in [6, 6.07) is 6.15. The Balaban J connectivity index is 2.72. The molecule has 0 aliphatic carbocycles. The van der Waals surface area contributed by atoms with Crippen LogP contribution < -0.4 is 5.32 Å². The second-order valence-corrected chi connectivity index (χ2v) is 4.10. The lowest BCUT2D eigenvalue weighted by Crippen LogP contribution is -2.40. The van der Waals surface area contributed by atoms with E-state index in [1.165, 1.54) is 0 Å². The molecule has 1 atom stereocenters. The molecule has 0 saturated heterocycles. The van der Waals surface area contributed by atoms with Crippen molar-refractivity contribution < 1.29 is 14.7 Å². The molecule has 0 saturated carbocycles. The highest BCUT2D eigenvalue weighted by molar-refractivity contribution is 5.96. The van der Waals surface area contributed by atoms with Crippen molar-refractivity contribution in [3.8, 4) is 0 Å². The van der Waals surface area contributed by atoms with Gasteiger partial charge in [-0.2, -0.15) is 0 Å². The van der Waals surface area contributed by atoms with Gasteiger partial charge >= 0.3 is 5.97 Å². The topological polar surface area (TPSA) is 66.4 Å². The van der Waals surface area contributed by atoms with E-state index in [0.717, 1.165) is 5.56 Å². The largest absolute Gasteiger partial charge is 0.480 e. The standard InChI is InChI=1S/C14H17NO3/c1-3-4-8-12(14(17)18)15-13(16)11-7-5-6-10(2)9-11/h3,5-7,9,12H,1,4,8H2,2H3,(H,15,16)(H,17,18). The molecule has 0 aromatic heterocycles. The summed E-state index contributed by atoms with van der Waals surface area (Å²) in [5, 5.41) is 11.5. The predicted octanol–water partition coefficient (Wildman–Crippen LogP) is 2.14. The first-order valence-corrected chi connectivity index (χ1v) is 5.76. The number of hydrogen-bond donors (Lipinski definition) is 2. The molecule has 96 valence electrons. The molecule has 2 N–H and O–H groups in total. The summed E-state index contributed by atoms with van der Waals surface area (Å²) in [5.41, 5.74) is 1.43. The van der Waals surface area contributed by atoms with Crippen LogP contribution in [0.3, 0.4) is 0 Å². The van der Waals surface area contributed by atoms with Crippen LogP contribution >= 0.6 is 0 Å². The van der Waals surface area contributed by atoms with Crippen LogP contribution in [-0.2, 0) is 4.79 Å². The summed E-state index contributed by atoms with van der Waals surface area (Å²) in [6.07, 6.45) is 2.52. The molecular formula is C14H17NO3. The number of benzene rings is 1. The second kappa shape index (κ2) is 6.59. The molecule has 0 aliphatic heterocycles. The molecule has 4 nitrogen and oxygen atoms in total. The summed E-state index contributed by atoms with van der Waals surface area (Å²) in [7, 11) is 0. The Hall–Kier alpha value is -2.10. The van der Waals surface area contributed by atoms with Crippen molar-refractivity contribution in [1.82, 2.24) is 5.32 Å².